The number of rotatable bonds is 4. The summed E-state index contributed by atoms with van der Waals surface area (Å²) in [5.74, 6) is 0. The molecule has 0 radical (unpaired) electrons. The van der Waals surface area contributed by atoms with E-state index in [1.165, 1.54) is 66.1 Å². The Balaban J connectivity index is 1.09. The van der Waals surface area contributed by atoms with Crippen LogP contribution in [0.5, 0.6) is 0 Å². The van der Waals surface area contributed by atoms with Crippen LogP contribution >= 0.6 is 0 Å². The minimum absolute atomic E-state index is 0.506. The maximum Gasteiger partial charge on any atom is 0.160 e. The Morgan fingerprint density at radius 1 is 0.303 bits per heavy atom. The van der Waals surface area contributed by atoms with Gasteiger partial charge in [-0.25, -0.2) is 0 Å². The van der Waals surface area contributed by atoms with Crippen molar-refractivity contribution in [1.82, 2.24) is 0 Å². The largest absolute Gasteiger partial charge is 0.456 e. The number of benzene rings is 11. The highest BCUT2D eigenvalue weighted by molar-refractivity contribution is 6.28. The summed E-state index contributed by atoms with van der Waals surface area (Å²) in [5.41, 5.74) is 18.5. The number of hydrogen-bond acceptors (Lipinski definition) is 3. The predicted molar refractivity (Wildman–Crippen MR) is 272 cm³/mol. The van der Waals surface area contributed by atoms with E-state index in [-0.39, 0.29) is 0 Å². The SMILES string of the molecule is c1ccc(N(c2ccc3c(c2)C2(c4ccccc4-c4ccccc42)c2ccccc2-3)c2c(-c3cc4ccccc4c4ccccc34)ccc3c2oc2ccc4oc5ccccc5c4c23)cc1. The molecule has 0 amide bonds. The highest BCUT2D eigenvalue weighted by Crippen LogP contribution is 2.63. The van der Waals surface area contributed by atoms with Gasteiger partial charge in [0.25, 0.3) is 0 Å². The first-order valence-corrected chi connectivity index (χ1v) is 22.7. The molecule has 0 aliphatic heterocycles. The molecule has 13 aromatic rings. The third-order valence-electron chi connectivity index (χ3n) is 14.7. The van der Waals surface area contributed by atoms with Gasteiger partial charge in [-0.3, -0.25) is 0 Å². The molecule has 0 fully saturated rings. The second-order valence-electron chi connectivity index (χ2n) is 17.8. The van der Waals surface area contributed by atoms with Crippen molar-refractivity contribution < 1.29 is 8.83 Å². The van der Waals surface area contributed by atoms with E-state index in [4.69, 9.17) is 8.83 Å². The molecule has 0 saturated heterocycles. The lowest BCUT2D eigenvalue weighted by atomic mass is 9.70. The van der Waals surface area contributed by atoms with E-state index in [0.29, 0.717) is 0 Å². The smallest absolute Gasteiger partial charge is 0.160 e. The molecule has 2 aromatic heterocycles. The van der Waals surface area contributed by atoms with Crippen LogP contribution in [0.4, 0.5) is 17.1 Å². The third kappa shape index (κ3) is 4.61. The van der Waals surface area contributed by atoms with Gasteiger partial charge < -0.3 is 13.7 Å². The topological polar surface area (TPSA) is 29.5 Å². The van der Waals surface area contributed by atoms with Crippen molar-refractivity contribution in [3.8, 4) is 33.4 Å². The molecule has 0 N–H and O–H groups in total. The first-order chi connectivity index (χ1) is 32.8. The van der Waals surface area contributed by atoms with Crippen molar-refractivity contribution in [2.24, 2.45) is 0 Å². The maximum atomic E-state index is 7.34. The molecule has 0 unspecified atom stereocenters. The Morgan fingerprint density at radius 3 is 1.58 bits per heavy atom. The van der Waals surface area contributed by atoms with Gasteiger partial charge in [-0.2, -0.15) is 0 Å². The molecule has 306 valence electrons. The van der Waals surface area contributed by atoms with Gasteiger partial charge in [0, 0.05) is 38.5 Å². The normalized spacial score (nSPS) is 13.3. The Bertz CT molecular complexity index is 4130. The van der Waals surface area contributed by atoms with E-state index < -0.39 is 5.41 Å². The lowest BCUT2D eigenvalue weighted by Crippen LogP contribution is -2.26. The molecule has 0 bridgehead atoms. The summed E-state index contributed by atoms with van der Waals surface area (Å²) in [6.45, 7) is 0. The quantitative estimate of drug-likeness (QED) is 0.165. The molecule has 66 heavy (non-hydrogen) atoms. The van der Waals surface area contributed by atoms with Crippen molar-refractivity contribution >= 4 is 82.5 Å². The number of fused-ring (bicyclic) bond motifs is 20. The van der Waals surface area contributed by atoms with Gasteiger partial charge in [-0.1, -0.05) is 170 Å². The monoisotopic (exact) mass is 839 g/mol. The van der Waals surface area contributed by atoms with E-state index >= 15 is 0 Å². The Hall–Kier alpha value is -8.66. The second kappa shape index (κ2) is 13.2. The Kier molecular flexibility index (Phi) is 7.15. The molecule has 11 aromatic carbocycles. The number of hydrogen-bond donors (Lipinski definition) is 0. The summed E-state index contributed by atoms with van der Waals surface area (Å²) in [4.78, 5) is 2.46. The van der Waals surface area contributed by atoms with Gasteiger partial charge >= 0.3 is 0 Å². The summed E-state index contributed by atoms with van der Waals surface area (Å²) in [7, 11) is 0. The van der Waals surface area contributed by atoms with Gasteiger partial charge in [-0.15, -0.1) is 0 Å². The van der Waals surface area contributed by atoms with Crippen LogP contribution in [0, 0.1) is 0 Å². The van der Waals surface area contributed by atoms with Crippen LogP contribution in [-0.4, -0.2) is 0 Å². The van der Waals surface area contributed by atoms with Gasteiger partial charge in [-0.05, 0) is 126 Å². The number of furan rings is 2. The highest BCUT2D eigenvalue weighted by atomic mass is 16.3. The molecule has 2 aliphatic carbocycles. The van der Waals surface area contributed by atoms with Crippen LogP contribution in [0.25, 0.3) is 98.8 Å². The summed E-state index contributed by atoms with van der Waals surface area (Å²) >= 11 is 0. The predicted octanol–water partition coefficient (Wildman–Crippen LogP) is 17.3. The van der Waals surface area contributed by atoms with Crippen LogP contribution in [0.15, 0.2) is 233 Å². The summed E-state index contributed by atoms with van der Waals surface area (Å²) in [5, 5.41) is 9.07. The van der Waals surface area contributed by atoms with Crippen molar-refractivity contribution in [3.05, 3.63) is 247 Å². The van der Waals surface area contributed by atoms with Crippen molar-refractivity contribution in [2.75, 3.05) is 4.90 Å². The van der Waals surface area contributed by atoms with E-state index in [0.717, 1.165) is 72.1 Å². The van der Waals surface area contributed by atoms with Crippen molar-refractivity contribution in [3.63, 3.8) is 0 Å². The van der Waals surface area contributed by atoms with Gasteiger partial charge in [0.1, 0.15) is 16.7 Å². The molecule has 0 saturated carbocycles. The fourth-order valence-electron chi connectivity index (χ4n) is 12.1. The van der Waals surface area contributed by atoms with E-state index in [2.05, 4.69) is 223 Å². The number of para-hydroxylation sites is 2. The summed E-state index contributed by atoms with van der Waals surface area (Å²) < 4.78 is 13.8. The molecule has 3 nitrogen and oxygen atoms in total. The molecular formula is C63H37NO2. The van der Waals surface area contributed by atoms with Gasteiger partial charge in [0.05, 0.1) is 11.1 Å². The summed E-state index contributed by atoms with van der Waals surface area (Å²) in [6.07, 6.45) is 0. The molecule has 0 atom stereocenters. The minimum atomic E-state index is -0.506. The van der Waals surface area contributed by atoms with Crippen molar-refractivity contribution in [2.45, 2.75) is 5.41 Å². The zero-order valence-electron chi connectivity index (χ0n) is 35.6. The number of nitrogens with zero attached hydrogens (tertiary/aromatic N) is 1. The van der Waals surface area contributed by atoms with Crippen LogP contribution in [0.1, 0.15) is 22.3 Å². The third-order valence-corrected chi connectivity index (χ3v) is 14.7. The van der Waals surface area contributed by atoms with E-state index in [1.807, 2.05) is 6.07 Å². The van der Waals surface area contributed by atoms with Crippen LogP contribution < -0.4 is 4.90 Å². The number of anilines is 3. The molecule has 2 heterocycles. The zero-order valence-corrected chi connectivity index (χ0v) is 35.6. The van der Waals surface area contributed by atoms with Gasteiger partial charge in [0.2, 0.25) is 0 Å². The molecular weight excluding hydrogens is 803 g/mol. The molecule has 15 rings (SSSR count). The lowest BCUT2D eigenvalue weighted by molar-refractivity contribution is 0.663. The summed E-state index contributed by atoms with van der Waals surface area (Å²) in [6, 6.07) is 82.1. The zero-order chi connectivity index (χ0) is 43.1. The fraction of sp³-hybridized carbons (Fsp3) is 0.0159. The van der Waals surface area contributed by atoms with Gasteiger partial charge in [0.15, 0.2) is 5.58 Å². The van der Waals surface area contributed by atoms with E-state index in [9.17, 15) is 0 Å². The molecule has 2 aliphatic rings. The van der Waals surface area contributed by atoms with Crippen LogP contribution in [-0.2, 0) is 5.41 Å². The van der Waals surface area contributed by atoms with E-state index in [1.54, 1.807) is 0 Å². The molecule has 3 heteroatoms. The maximum absolute atomic E-state index is 7.34. The van der Waals surface area contributed by atoms with Crippen molar-refractivity contribution in [1.29, 1.82) is 0 Å². The first kappa shape index (κ1) is 35.8. The fourth-order valence-corrected chi connectivity index (χ4v) is 12.1. The average Bonchev–Trinajstić information content (AvgIpc) is 4.12. The first-order valence-electron chi connectivity index (χ1n) is 22.7. The minimum Gasteiger partial charge on any atom is -0.456 e. The van der Waals surface area contributed by atoms with Crippen LogP contribution in [0.2, 0.25) is 0 Å². The second-order valence-corrected chi connectivity index (χ2v) is 17.8. The average molecular weight is 840 g/mol. The standard InChI is InChI=1S/C63H37NO2/c1-2-17-39(18-3-1)64(40-30-31-47-46-24-10-14-28-54(46)63(55(47)37-40)52-26-12-8-22-44(52)45-23-9-13-27-53(45)63)61-48(51-36-38-16-4-5-19-41(38)42-20-6-7-21-43(42)51)32-33-50-60-58(66-62(50)61)35-34-57-59(60)49-25-11-15-29-56(49)65-57/h1-37H. The lowest BCUT2D eigenvalue weighted by Gasteiger charge is -2.32. The molecule has 1 spiro atoms. The highest BCUT2D eigenvalue weighted by Gasteiger charge is 2.51. The Labute approximate surface area is 380 Å². The Morgan fingerprint density at radius 2 is 0.848 bits per heavy atom. The van der Waals surface area contributed by atoms with Crippen LogP contribution in [0.3, 0.4) is 0 Å².